The average Bonchev–Trinajstić information content (AvgIpc) is 2.25. The molecule has 0 bridgehead atoms. The van der Waals surface area contributed by atoms with Gasteiger partial charge in [-0.2, -0.15) is 0 Å². The van der Waals surface area contributed by atoms with Gasteiger partial charge in [0.05, 0.1) is 22.7 Å². The molecular formula is C14H25FN4. The predicted molar refractivity (Wildman–Crippen MR) is 83.7 cm³/mol. The van der Waals surface area contributed by atoms with Crippen molar-refractivity contribution in [2.24, 2.45) is 0 Å². The van der Waals surface area contributed by atoms with Gasteiger partial charge in [-0.3, -0.25) is 0 Å². The fourth-order valence-corrected chi connectivity index (χ4v) is 2.14. The zero-order valence-electron chi connectivity index (χ0n) is 13.2. The van der Waals surface area contributed by atoms with Gasteiger partial charge in [0, 0.05) is 56.4 Å². The molecule has 0 radical (unpaired) electrons. The number of hydrogen-bond donors (Lipinski definition) is 0. The summed E-state index contributed by atoms with van der Waals surface area (Å²) in [7, 11) is 15.2. The maximum Gasteiger partial charge on any atom is 0.173 e. The normalized spacial score (nSPS) is 10.4. The smallest absolute Gasteiger partial charge is 0.173 e. The Kier molecular flexibility index (Phi) is 4.50. The Morgan fingerprint density at radius 2 is 0.947 bits per heavy atom. The summed E-state index contributed by atoms with van der Waals surface area (Å²) in [6.07, 6.45) is 0. The van der Waals surface area contributed by atoms with E-state index in [1.54, 1.807) is 0 Å². The van der Waals surface area contributed by atoms with Gasteiger partial charge >= 0.3 is 0 Å². The summed E-state index contributed by atoms with van der Waals surface area (Å²) < 4.78 is 14.9. The molecule has 0 heterocycles. The lowest BCUT2D eigenvalue weighted by molar-refractivity contribution is 0.624. The van der Waals surface area contributed by atoms with Crippen molar-refractivity contribution in [3.63, 3.8) is 0 Å². The second-order valence-corrected chi connectivity index (χ2v) is 5.50. The molecule has 0 atom stereocenters. The van der Waals surface area contributed by atoms with Crippen molar-refractivity contribution in [1.82, 2.24) is 0 Å². The first kappa shape index (κ1) is 15.4. The molecule has 0 aliphatic heterocycles. The molecule has 1 aromatic rings. The highest BCUT2D eigenvalue weighted by Gasteiger charge is 2.22. The van der Waals surface area contributed by atoms with E-state index < -0.39 is 0 Å². The predicted octanol–water partition coefficient (Wildman–Crippen LogP) is 2.09. The molecule has 0 fully saturated rings. The third-order valence-electron chi connectivity index (χ3n) is 3.03. The fraction of sp³-hybridized carbons (Fsp3) is 0.571. The fourth-order valence-electron chi connectivity index (χ4n) is 2.14. The molecule has 0 N–H and O–H groups in total. The number of halogens is 1. The summed E-state index contributed by atoms with van der Waals surface area (Å²) in [6, 6.07) is 2.02. The van der Waals surface area contributed by atoms with Crippen molar-refractivity contribution < 1.29 is 4.39 Å². The van der Waals surface area contributed by atoms with E-state index in [9.17, 15) is 4.39 Å². The molecule has 0 aliphatic carbocycles. The largest absolute Gasteiger partial charge is 0.376 e. The molecule has 19 heavy (non-hydrogen) atoms. The van der Waals surface area contributed by atoms with Crippen molar-refractivity contribution in [2.75, 3.05) is 76.0 Å². The van der Waals surface area contributed by atoms with Crippen LogP contribution in [0.4, 0.5) is 27.1 Å². The van der Waals surface area contributed by atoms with Gasteiger partial charge in [0.2, 0.25) is 0 Å². The standard InChI is InChI=1S/C14H25FN4/c1-16(2)10-9-11(17(3)4)14(19(7)8)12(15)13(10)18(5)6/h9H,1-8H3. The first-order valence-corrected chi connectivity index (χ1v) is 6.24. The van der Waals surface area contributed by atoms with Crippen molar-refractivity contribution in [3.05, 3.63) is 11.9 Å². The molecule has 0 aliphatic rings. The minimum atomic E-state index is -0.190. The summed E-state index contributed by atoms with van der Waals surface area (Å²) in [5, 5.41) is 0. The van der Waals surface area contributed by atoms with Crippen molar-refractivity contribution in [2.45, 2.75) is 0 Å². The second kappa shape index (κ2) is 5.55. The van der Waals surface area contributed by atoms with Gasteiger partial charge in [-0.1, -0.05) is 0 Å². The minimum Gasteiger partial charge on any atom is -0.376 e. The van der Waals surface area contributed by atoms with E-state index in [1.807, 2.05) is 82.0 Å². The lowest BCUT2D eigenvalue weighted by Crippen LogP contribution is -2.23. The first-order valence-electron chi connectivity index (χ1n) is 6.24. The molecule has 0 saturated heterocycles. The molecular weight excluding hydrogens is 243 g/mol. The lowest BCUT2D eigenvalue weighted by Gasteiger charge is -2.30. The van der Waals surface area contributed by atoms with E-state index in [1.165, 1.54) is 0 Å². The molecule has 0 unspecified atom stereocenters. The second-order valence-electron chi connectivity index (χ2n) is 5.50. The monoisotopic (exact) mass is 268 g/mol. The van der Waals surface area contributed by atoms with Crippen LogP contribution >= 0.6 is 0 Å². The van der Waals surface area contributed by atoms with Crippen LogP contribution < -0.4 is 19.6 Å². The van der Waals surface area contributed by atoms with Gasteiger partial charge in [0.25, 0.3) is 0 Å². The van der Waals surface area contributed by atoms with Crippen LogP contribution in [-0.2, 0) is 0 Å². The van der Waals surface area contributed by atoms with Crippen LogP contribution in [0.2, 0.25) is 0 Å². The van der Waals surface area contributed by atoms with E-state index in [0.717, 1.165) is 11.4 Å². The summed E-state index contributed by atoms with van der Waals surface area (Å²) >= 11 is 0. The number of hydrogen-bond acceptors (Lipinski definition) is 4. The van der Waals surface area contributed by atoms with Crippen LogP contribution in [0.3, 0.4) is 0 Å². The van der Waals surface area contributed by atoms with E-state index >= 15 is 0 Å². The van der Waals surface area contributed by atoms with Crippen LogP contribution in [0.15, 0.2) is 6.07 Å². The van der Waals surface area contributed by atoms with Crippen molar-refractivity contribution in [3.8, 4) is 0 Å². The Morgan fingerprint density at radius 1 is 0.632 bits per heavy atom. The molecule has 5 heteroatoms. The number of anilines is 4. The van der Waals surface area contributed by atoms with Crippen LogP contribution in [-0.4, -0.2) is 56.4 Å². The molecule has 108 valence electrons. The topological polar surface area (TPSA) is 13.0 Å². The summed E-state index contributed by atoms with van der Waals surface area (Å²) in [5.74, 6) is -0.190. The Labute approximate surface area is 116 Å². The van der Waals surface area contributed by atoms with Gasteiger partial charge in [0.15, 0.2) is 5.82 Å². The van der Waals surface area contributed by atoms with Crippen LogP contribution in [0, 0.1) is 5.82 Å². The summed E-state index contributed by atoms with van der Waals surface area (Å²) in [6.45, 7) is 0. The third-order valence-corrected chi connectivity index (χ3v) is 3.03. The SMILES string of the molecule is CN(C)c1cc(N(C)C)c(N(C)C)c(F)c1N(C)C. The van der Waals surface area contributed by atoms with Crippen molar-refractivity contribution in [1.29, 1.82) is 0 Å². The molecule has 4 nitrogen and oxygen atoms in total. The van der Waals surface area contributed by atoms with Crippen molar-refractivity contribution >= 4 is 22.7 Å². The van der Waals surface area contributed by atoms with E-state index in [-0.39, 0.29) is 5.82 Å². The van der Waals surface area contributed by atoms with Gasteiger partial charge in [-0.25, -0.2) is 4.39 Å². The number of rotatable bonds is 4. The van der Waals surface area contributed by atoms with Crippen LogP contribution in [0.1, 0.15) is 0 Å². The Hall–Kier alpha value is -1.65. The minimum absolute atomic E-state index is 0.190. The maximum absolute atomic E-state index is 14.9. The molecule has 0 amide bonds. The van der Waals surface area contributed by atoms with Gasteiger partial charge in [-0.15, -0.1) is 0 Å². The number of benzene rings is 1. The summed E-state index contributed by atoms with van der Waals surface area (Å²) in [5.41, 5.74) is 2.97. The van der Waals surface area contributed by atoms with Gasteiger partial charge < -0.3 is 19.6 Å². The number of nitrogens with zero attached hydrogens (tertiary/aromatic N) is 4. The first-order chi connectivity index (χ1) is 8.68. The molecule has 1 aromatic carbocycles. The molecule has 0 saturated carbocycles. The van der Waals surface area contributed by atoms with E-state index in [2.05, 4.69) is 0 Å². The molecule has 1 rings (SSSR count). The van der Waals surface area contributed by atoms with E-state index in [0.29, 0.717) is 11.4 Å². The lowest BCUT2D eigenvalue weighted by atomic mass is 10.1. The quantitative estimate of drug-likeness (QED) is 0.829. The zero-order chi connectivity index (χ0) is 14.9. The average molecular weight is 268 g/mol. The summed E-state index contributed by atoms with van der Waals surface area (Å²) in [4.78, 5) is 7.50. The van der Waals surface area contributed by atoms with Gasteiger partial charge in [0.1, 0.15) is 0 Å². The Morgan fingerprint density at radius 3 is 1.16 bits per heavy atom. The molecule has 0 spiro atoms. The Bertz CT molecular complexity index is 415. The van der Waals surface area contributed by atoms with Crippen LogP contribution in [0.5, 0.6) is 0 Å². The Balaban J connectivity index is 3.70. The highest BCUT2D eigenvalue weighted by Crippen LogP contribution is 2.42. The maximum atomic E-state index is 14.9. The zero-order valence-corrected chi connectivity index (χ0v) is 13.2. The molecule has 0 aromatic heterocycles. The van der Waals surface area contributed by atoms with E-state index in [4.69, 9.17) is 0 Å². The van der Waals surface area contributed by atoms with Gasteiger partial charge in [-0.05, 0) is 6.07 Å². The highest BCUT2D eigenvalue weighted by molar-refractivity contribution is 5.86. The third kappa shape index (κ3) is 2.85. The van der Waals surface area contributed by atoms with Crippen LogP contribution in [0.25, 0.3) is 0 Å². The highest BCUT2D eigenvalue weighted by atomic mass is 19.1.